The number of carbonyl (C=O) groups excluding carboxylic acids is 1. The second kappa shape index (κ2) is 4.52. The van der Waals surface area contributed by atoms with E-state index >= 15 is 0 Å². The van der Waals surface area contributed by atoms with Gasteiger partial charge in [0.15, 0.2) is 5.78 Å². The summed E-state index contributed by atoms with van der Waals surface area (Å²) in [5.41, 5.74) is 0.209. The van der Waals surface area contributed by atoms with Crippen molar-refractivity contribution in [2.24, 2.45) is 0 Å². The number of ketones is 1. The average Bonchev–Trinajstić information content (AvgIpc) is 2.67. The van der Waals surface area contributed by atoms with Gasteiger partial charge in [0.25, 0.3) is 0 Å². The van der Waals surface area contributed by atoms with Crippen LogP contribution >= 0.6 is 11.6 Å². The fraction of sp³-hybridized carbons (Fsp3) is 0.417. The second-order valence-corrected chi connectivity index (χ2v) is 4.41. The Labute approximate surface area is 98.4 Å². The topological polar surface area (TPSA) is 26.3 Å². The molecule has 2 rings (SSSR count). The minimum absolute atomic E-state index is 0.0845. The zero-order valence-electron chi connectivity index (χ0n) is 8.87. The molecule has 0 N–H and O–H groups in total. The van der Waals surface area contributed by atoms with Crippen LogP contribution in [-0.2, 0) is 4.74 Å². The second-order valence-electron chi connectivity index (χ2n) is 4.00. The van der Waals surface area contributed by atoms with Crippen LogP contribution in [0.1, 0.15) is 30.1 Å². The van der Waals surface area contributed by atoms with Gasteiger partial charge in [-0.25, -0.2) is 4.39 Å². The minimum atomic E-state index is -0.478. The van der Waals surface area contributed by atoms with E-state index in [0.717, 1.165) is 12.5 Å². The van der Waals surface area contributed by atoms with Crippen LogP contribution in [-0.4, -0.2) is 18.0 Å². The van der Waals surface area contributed by atoms with Crippen LogP contribution in [0.3, 0.4) is 0 Å². The van der Waals surface area contributed by atoms with Crippen LogP contribution < -0.4 is 0 Å². The van der Waals surface area contributed by atoms with Crippen LogP contribution in [0.4, 0.5) is 4.39 Å². The number of Topliss-reactive ketones (excluding diaryl/α,β-unsaturated/α-hetero) is 1. The zero-order valence-corrected chi connectivity index (χ0v) is 9.63. The van der Waals surface area contributed by atoms with E-state index in [1.807, 2.05) is 6.92 Å². The van der Waals surface area contributed by atoms with E-state index in [-0.39, 0.29) is 22.5 Å². The van der Waals surface area contributed by atoms with E-state index in [1.165, 1.54) is 12.1 Å². The third kappa shape index (κ3) is 2.25. The maximum absolute atomic E-state index is 13.0. The molecule has 0 amide bonds. The van der Waals surface area contributed by atoms with Crippen LogP contribution in [0, 0.1) is 5.82 Å². The number of ether oxygens (including phenoxy) is 1. The third-order valence-electron chi connectivity index (χ3n) is 2.72. The number of carbonyl (C=O) groups is 1. The molecule has 1 fully saturated rings. The van der Waals surface area contributed by atoms with Crippen LogP contribution in [0.25, 0.3) is 0 Å². The first-order valence-corrected chi connectivity index (χ1v) is 5.60. The predicted octanol–water partition coefficient (Wildman–Crippen LogP) is 3.23. The van der Waals surface area contributed by atoms with Crippen molar-refractivity contribution in [3.05, 3.63) is 34.6 Å². The lowest BCUT2D eigenvalue weighted by atomic mass is 10.0. The first-order chi connectivity index (χ1) is 7.58. The van der Waals surface area contributed by atoms with Crippen molar-refractivity contribution in [1.29, 1.82) is 0 Å². The Kier molecular flexibility index (Phi) is 3.26. The summed E-state index contributed by atoms with van der Waals surface area (Å²) in [7, 11) is 0. The molecular weight excluding hydrogens is 231 g/mol. The molecular formula is C12H12ClFO2. The van der Waals surface area contributed by atoms with Gasteiger partial charge in [-0.3, -0.25) is 4.79 Å². The van der Waals surface area contributed by atoms with E-state index in [0.29, 0.717) is 6.42 Å². The van der Waals surface area contributed by atoms with Crippen molar-refractivity contribution < 1.29 is 13.9 Å². The molecule has 1 aliphatic heterocycles. The van der Waals surface area contributed by atoms with Crippen molar-refractivity contribution in [3.63, 3.8) is 0 Å². The summed E-state index contributed by atoms with van der Waals surface area (Å²) in [6.45, 7) is 1.92. The molecule has 16 heavy (non-hydrogen) atoms. The molecule has 0 bridgehead atoms. The molecule has 0 radical (unpaired) electrons. The molecule has 1 aromatic carbocycles. The molecule has 0 saturated carbocycles. The highest BCUT2D eigenvalue weighted by atomic mass is 35.5. The Morgan fingerprint density at radius 3 is 2.88 bits per heavy atom. The van der Waals surface area contributed by atoms with Crippen molar-refractivity contribution in [3.8, 4) is 0 Å². The largest absolute Gasteiger partial charge is 0.367 e. The Hall–Kier alpha value is -0.930. The molecule has 1 aliphatic rings. The van der Waals surface area contributed by atoms with Gasteiger partial charge in [-0.2, -0.15) is 0 Å². The molecule has 0 aliphatic carbocycles. The van der Waals surface area contributed by atoms with Gasteiger partial charge in [-0.15, -0.1) is 0 Å². The fourth-order valence-electron chi connectivity index (χ4n) is 1.86. The summed E-state index contributed by atoms with van der Waals surface area (Å²) < 4.78 is 18.5. The Balaban J connectivity index is 2.23. The van der Waals surface area contributed by atoms with Gasteiger partial charge in [0.2, 0.25) is 0 Å². The average molecular weight is 243 g/mol. The first kappa shape index (κ1) is 11.6. The van der Waals surface area contributed by atoms with E-state index in [2.05, 4.69) is 0 Å². The summed E-state index contributed by atoms with van der Waals surface area (Å²) in [5, 5.41) is 0.273. The van der Waals surface area contributed by atoms with Gasteiger partial charge in [0.1, 0.15) is 11.9 Å². The Morgan fingerprint density at radius 1 is 1.50 bits per heavy atom. The highest BCUT2D eigenvalue weighted by molar-refractivity contribution is 6.34. The van der Waals surface area contributed by atoms with E-state index in [9.17, 15) is 9.18 Å². The van der Waals surface area contributed by atoms with Crippen LogP contribution in [0.2, 0.25) is 5.02 Å². The maximum atomic E-state index is 13.0. The molecule has 86 valence electrons. The lowest BCUT2D eigenvalue weighted by Crippen LogP contribution is -2.21. The van der Waals surface area contributed by atoms with Gasteiger partial charge in [-0.1, -0.05) is 11.6 Å². The van der Waals surface area contributed by atoms with Crippen molar-refractivity contribution >= 4 is 17.4 Å². The van der Waals surface area contributed by atoms with E-state index in [4.69, 9.17) is 16.3 Å². The minimum Gasteiger partial charge on any atom is -0.367 e. The first-order valence-electron chi connectivity index (χ1n) is 5.22. The highest BCUT2D eigenvalue weighted by Crippen LogP contribution is 2.26. The molecule has 2 unspecified atom stereocenters. The molecule has 1 saturated heterocycles. The van der Waals surface area contributed by atoms with Gasteiger partial charge >= 0.3 is 0 Å². The molecule has 1 aromatic rings. The van der Waals surface area contributed by atoms with Crippen molar-refractivity contribution in [1.82, 2.24) is 0 Å². The third-order valence-corrected chi connectivity index (χ3v) is 3.05. The quantitative estimate of drug-likeness (QED) is 0.745. The fourth-order valence-corrected chi connectivity index (χ4v) is 2.07. The number of rotatable bonds is 2. The SMILES string of the molecule is CC1CCC(C(=O)c2cc(F)ccc2Cl)O1. The number of hydrogen-bond acceptors (Lipinski definition) is 2. The molecule has 2 atom stereocenters. The van der Waals surface area contributed by atoms with E-state index < -0.39 is 11.9 Å². The molecule has 0 aromatic heterocycles. The van der Waals surface area contributed by atoms with Crippen molar-refractivity contribution in [2.45, 2.75) is 32.0 Å². The van der Waals surface area contributed by atoms with Gasteiger partial charge in [0.05, 0.1) is 11.1 Å². The Morgan fingerprint density at radius 2 is 2.25 bits per heavy atom. The molecule has 4 heteroatoms. The standard InChI is InChI=1S/C12H12ClFO2/c1-7-2-5-11(16-7)12(15)9-6-8(14)3-4-10(9)13/h3-4,6-7,11H,2,5H2,1H3. The van der Waals surface area contributed by atoms with E-state index in [1.54, 1.807) is 0 Å². The molecule has 2 nitrogen and oxygen atoms in total. The summed E-state index contributed by atoms with van der Waals surface area (Å²) in [6.07, 6.45) is 1.13. The van der Waals surface area contributed by atoms with Crippen LogP contribution in [0.5, 0.6) is 0 Å². The highest BCUT2D eigenvalue weighted by Gasteiger charge is 2.30. The molecule has 0 spiro atoms. The lowest BCUT2D eigenvalue weighted by Gasteiger charge is -2.11. The van der Waals surface area contributed by atoms with Gasteiger partial charge < -0.3 is 4.74 Å². The summed E-state index contributed by atoms with van der Waals surface area (Å²) in [6, 6.07) is 3.79. The normalized spacial score (nSPS) is 24.7. The summed E-state index contributed by atoms with van der Waals surface area (Å²) in [5.74, 6) is -0.687. The van der Waals surface area contributed by atoms with Crippen molar-refractivity contribution in [2.75, 3.05) is 0 Å². The van der Waals surface area contributed by atoms with Crippen LogP contribution in [0.15, 0.2) is 18.2 Å². The predicted molar refractivity (Wildman–Crippen MR) is 59.3 cm³/mol. The zero-order chi connectivity index (χ0) is 11.7. The Bertz CT molecular complexity index is 419. The van der Waals surface area contributed by atoms with Gasteiger partial charge in [-0.05, 0) is 38.0 Å². The number of benzene rings is 1. The van der Waals surface area contributed by atoms with Gasteiger partial charge in [0, 0.05) is 5.56 Å². The maximum Gasteiger partial charge on any atom is 0.193 e. The summed E-state index contributed by atoms with van der Waals surface area (Å²) >= 11 is 5.86. The molecule has 1 heterocycles. The smallest absolute Gasteiger partial charge is 0.193 e. The lowest BCUT2D eigenvalue weighted by molar-refractivity contribution is 0.0433. The number of hydrogen-bond donors (Lipinski definition) is 0. The summed E-state index contributed by atoms with van der Waals surface area (Å²) in [4.78, 5) is 12.0. The number of halogens is 2. The monoisotopic (exact) mass is 242 g/mol.